The SMILES string of the molecule is C/C=C/OOOOOCCOP(=O)(O)OCC(CCCCNC(=O)c1ccc(-c2c3ccc(=O)cc-3oc3cc(O)ccc23)c(C(=O)O)c1)COP(=O)(O)OC. The molecule has 0 bridgehead atoms. The average Bonchev–Trinajstić information content (AvgIpc) is 3.16. The Labute approximate surface area is 318 Å². The Hall–Kier alpha value is -4.53. The molecule has 1 amide bonds. The van der Waals surface area contributed by atoms with Crippen molar-refractivity contribution in [1.82, 2.24) is 5.32 Å². The largest absolute Gasteiger partial charge is 0.508 e. The van der Waals surface area contributed by atoms with Crippen LogP contribution in [0.1, 0.15) is 46.9 Å². The number of hydrogen-bond acceptors (Lipinski definition) is 16. The standard InChI is InChI=1S/C34H39NO19P2/c1-3-14-46-52-54-53-47-15-16-48-56(43,44)50-21-22(20-49-55(41,42)45-2)6-4-5-13-35-33(38)23-7-10-26(29(17-23)34(39)40)32-27-11-8-24(36)18-30(27)51-31-19-25(37)9-12-28(31)32/h3,7-12,14,17-19,22,36H,4-6,13,15-16,20-21H2,1-2H3,(H,35,38)(H,39,40)(H,41,42)(H,43,44)/b14-3+. The zero-order chi connectivity index (χ0) is 40.7. The van der Waals surface area contributed by atoms with Gasteiger partial charge in [0.15, 0.2) is 5.43 Å². The van der Waals surface area contributed by atoms with E-state index in [1.807, 2.05) is 0 Å². The number of fused-ring (bicyclic) bond motifs is 2. The zero-order valence-electron chi connectivity index (χ0n) is 29.9. The van der Waals surface area contributed by atoms with Gasteiger partial charge >= 0.3 is 21.6 Å². The maximum Gasteiger partial charge on any atom is 0.472 e. The lowest BCUT2D eigenvalue weighted by Gasteiger charge is -2.20. The first-order valence-corrected chi connectivity index (χ1v) is 19.6. The second-order valence-corrected chi connectivity index (χ2v) is 14.6. The van der Waals surface area contributed by atoms with E-state index in [1.165, 1.54) is 54.6 Å². The number of phosphoric acid groups is 2. The van der Waals surface area contributed by atoms with Crippen molar-refractivity contribution in [1.29, 1.82) is 0 Å². The van der Waals surface area contributed by atoms with Gasteiger partial charge in [0, 0.05) is 63.9 Å². The number of aromatic carboxylic acids is 1. The van der Waals surface area contributed by atoms with Crippen LogP contribution in [0.3, 0.4) is 0 Å². The molecule has 1 heterocycles. The molecule has 0 aromatic heterocycles. The van der Waals surface area contributed by atoms with Gasteiger partial charge in [0.2, 0.25) is 0 Å². The van der Waals surface area contributed by atoms with Crippen molar-refractivity contribution >= 4 is 38.5 Å². The minimum Gasteiger partial charge on any atom is -0.508 e. The van der Waals surface area contributed by atoms with Crippen LogP contribution < -0.4 is 10.7 Å². The van der Waals surface area contributed by atoms with Gasteiger partial charge in [0.25, 0.3) is 5.91 Å². The van der Waals surface area contributed by atoms with Crippen LogP contribution in [-0.2, 0) is 52.1 Å². The molecule has 2 aromatic carbocycles. The van der Waals surface area contributed by atoms with E-state index in [-0.39, 0.29) is 52.2 Å². The average molecular weight is 828 g/mol. The quantitative estimate of drug-likeness (QED) is 0.0142. The van der Waals surface area contributed by atoms with E-state index < -0.39 is 59.9 Å². The molecule has 4 rings (SSSR count). The van der Waals surface area contributed by atoms with Crippen molar-refractivity contribution < 1.29 is 86.1 Å². The maximum atomic E-state index is 13.1. The summed E-state index contributed by atoms with van der Waals surface area (Å²) in [6.07, 6.45) is 3.60. The molecule has 3 atom stereocenters. The minimum absolute atomic E-state index is 0.0488. The Morgan fingerprint density at radius 2 is 1.64 bits per heavy atom. The fourth-order valence-electron chi connectivity index (χ4n) is 5.14. The van der Waals surface area contributed by atoms with Gasteiger partial charge in [0.05, 0.1) is 25.4 Å². The summed E-state index contributed by atoms with van der Waals surface area (Å²) < 4.78 is 49.2. The number of nitrogens with one attached hydrogen (secondary N) is 1. The second kappa shape index (κ2) is 21.1. The van der Waals surface area contributed by atoms with Gasteiger partial charge in [-0.1, -0.05) is 12.5 Å². The molecule has 304 valence electrons. The number of amides is 1. The Bertz CT molecular complexity index is 2100. The summed E-state index contributed by atoms with van der Waals surface area (Å²) in [5, 5.41) is 35.6. The van der Waals surface area contributed by atoms with Crippen molar-refractivity contribution in [3.05, 3.63) is 88.3 Å². The summed E-state index contributed by atoms with van der Waals surface area (Å²) in [4.78, 5) is 66.2. The lowest BCUT2D eigenvalue weighted by atomic mass is 9.90. The summed E-state index contributed by atoms with van der Waals surface area (Å²) in [7, 11) is -8.06. The number of phenolic OH excluding ortho intramolecular Hbond substituents is 1. The molecule has 20 nitrogen and oxygen atoms in total. The number of carbonyl (C=O) groups is 2. The molecule has 0 fully saturated rings. The molecule has 0 radical (unpaired) electrons. The molecule has 22 heteroatoms. The molecule has 1 aliphatic carbocycles. The molecule has 56 heavy (non-hydrogen) atoms. The summed E-state index contributed by atoms with van der Waals surface area (Å²) in [5.41, 5.74) is 0.830. The van der Waals surface area contributed by atoms with Gasteiger partial charge in [-0.25, -0.2) is 18.8 Å². The first kappa shape index (κ1) is 44.2. The van der Waals surface area contributed by atoms with Crippen LogP contribution >= 0.6 is 15.6 Å². The first-order valence-electron chi connectivity index (χ1n) is 16.6. The first-order chi connectivity index (χ1) is 26.7. The Kier molecular flexibility index (Phi) is 16.7. The van der Waals surface area contributed by atoms with E-state index in [1.54, 1.807) is 13.0 Å². The third-order valence-electron chi connectivity index (χ3n) is 7.72. The molecule has 0 saturated carbocycles. The maximum absolute atomic E-state index is 13.1. The third-order valence-corrected chi connectivity index (χ3v) is 9.64. The molecule has 0 spiro atoms. The fraction of sp³-hybridized carbons (Fsp3) is 0.324. The van der Waals surface area contributed by atoms with Gasteiger partial charge < -0.3 is 34.6 Å². The smallest absolute Gasteiger partial charge is 0.472 e. The molecule has 3 unspecified atom stereocenters. The highest BCUT2D eigenvalue weighted by Gasteiger charge is 2.27. The van der Waals surface area contributed by atoms with Gasteiger partial charge in [-0.15, -0.1) is 0 Å². The van der Waals surface area contributed by atoms with Gasteiger partial charge in [-0.3, -0.25) is 27.7 Å². The number of carboxylic acids is 1. The van der Waals surface area contributed by atoms with Crippen molar-refractivity contribution in [2.45, 2.75) is 26.2 Å². The molecule has 2 aliphatic rings. The molecule has 0 saturated heterocycles. The molecular formula is C34H39NO19P2. The second-order valence-electron chi connectivity index (χ2n) is 11.6. The van der Waals surface area contributed by atoms with E-state index in [0.29, 0.717) is 29.4 Å². The summed E-state index contributed by atoms with van der Waals surface area (Å²) >= 11 is 0. The van der Waals surface area contributed by atoms with Crippen LogP contribution in [0, 0.1) is 5.92 Å². The normalized spacial score (nSPS) is 14.4. The van der Waals surface area contributed by atoms with E-state index in [2.05, 4.69) is 34.7 Å². The molecule has 5 N–H and O–H groups in total. The highest BCUT2D eigenvalue weighted by atomic mass is 31.2. The van der Waals surface area contributed by atoms with Gasteiger partial charge in [-0.2, -0.15) is 0 Å². The van der Waals surface area contributed by atoms with E-state index >= 15 is 0 Å². The van der Waals surface area contributed by atoms with Crippen LogP contribution in [0.25, 0.3) is 33.4 Å². The highest BCUT2D eigenvalue weighted by Crippen LogP contribution is 2.46. The van der Waals surface area contributed by atoms with E-state index in [4.69, 9.17) is 18.0 Å². The molecular weight excluding hydrogens is 788 g/mol. The lowest BCUT2D eigenvalue weighted by Crippen LogP contribution is -2.25. The zero-order valence-corrected chi connectivity index (χ0v) is 31.7. The van der Waals surface area contributed by atoms with Crippen molar-refractivity contribution in [3.8, 4) is 28.2 Å². The van der Waals surface area contributed by atoms with Crippen molar-refractivity contribution in [3.63, 3.8) is 0 Å². The number of unbranched alkanes of at least 4 members (excludes halogenated alkanes) is 1. The number of phenols is 1. The number of phosphoric ester groups is 2. The Morgan fingerprint density at radius 1 is 0.893 bits per heavy atom. The number of allylic oxidation sites excluding steroid dienone is 1. The molecule has 2 aromatic rings. The van der Waals surface area contributed by atoms with Crippen LogP contribution in [-0.4, -0.2) is 72.0 Å². The summed E-state index contributed by atoms with van der Waals surface area (Å²) in [5.74, 6) is -2.53. The monoisotopic (exact) mass is 827 g/mol. The predicted octanol–water partition coefficient (Wildman–Crippen LogP) is 5.66. The van der Waals surface area contributed by atoms with Gasteiger partial charge in [0.1, 0.15) is 30.0 Å². The van der Waals surface area contributed by atoms with Crippen molar-refractivity contribution in [2.24, 2.45) is 5.92 Å². The third kappa shape index (κ3) is 13.3. The number of carbonyl (C=O) groups excluding carboxylic acids is 1. The van der Waals surface area contributed by atoms with E-state index in [9.17, 15) is 43.5 Å². The number of rotatable bonds is 24. The fourth-order valence-corrected chi connectivity index (χ4v) is 6.43. The number of hydrogen-bond donors (Lipinski definition) is 5. The number of benzene rings is 3. The summed E-state index contributed by atoms with van der Waals surface area (Å²) in [6.45, 7) is 0.0629. The summed E-state index contributed by atoms with van der Waals surface area (Å²) in [6, 6.07) is 12.6. The Morgan fingerprint density at radius 3 is 2.38 bits per heavy atom. The van der Waals surface area contributed by atoms with Crippen molar-refractivity contribution in [2.75, 3.05) is 40.1 Å². The van der Waals surface area contributed by atoms with Crippen LogP contribution in [0.5, 0.6) is 5.75 Å². The Balaban J connectivity index is 1.34. The highest BCUT2D eigenvalue weighted by molar-refractivity contribution is 7.47. The topological polar surface area (TPSA) is 275 Å². The minimum atomic E-state index is -4.63. The molecule has 1 aliphatic heterocycles. The lowest BCUT2D eigenvalue weighted by molar-refractivity contribution is -0.700. The number of carboxylic acid groups (broad SMARTS) is 1. The van der Waals surface area contributed by atoms with Crippen LogP contribution in [0.2, 0.25) is 0 Å². The van der Waals surface area contributed by atoms with E-state index in [0.717, 1.165) is 13.4 Å². The van der Waals surface area contributed by atoms with Crippen LogP contribution in [0.4, 0.5) is 0 Å². The van der Waals surface area contributed by atoms with Crippen LogP contribution in [0.15, 0.2) is 76.1 Å². The predicted molar refractivity (Wildman–Crippen MR) is 192 cm³/mol. The van der Waals surface area contributed by atoms with Gasteiger partial charge in [-0.05, 0) is 72.8 Å². The number of aromatic hydroxyl groups is 1.